The molecule has 2 aromatic rings. The number of hydrogen-bond donors (Lipinski definition) is 0. The van der Waals surface area contributed by atoms with Crippen molar-refractivity contribution < 1.29 is 19.1 Å². The summed E-state index contributed by atoms with van der Waals surface area (Å²) in [5, 5.41) is 1.87. The summed E-state index contributed by atoms with van der Waals surface area (Å²) in [5.74, 6) is 0.742. The summed E-state index contributed by atoms with van der Waals surface area (Å²) < 4.78 is 10.6. The molecule has 5 nitrogen and oxygen atoms in total. The number of benzene rings is 1. The second-order valence-corrected chi connectivity index (χ2v) is 8.00. The molecular formula is C21H25NO4S. The topological polar surface area (TPSA) is 55.8 Å². The molecule has 3 rings (SSSR count). The lowest BCUT2D eigenvalue weighted by Crippen LogP contribution is -2.31. The number of para-hydroxylation sites is 1. The van der Waals surface area contributed by atoms with Gasteiger partial charge in [-0.25, -0.2) is 4.79 Å². The molecule has 0 N–H and O–H groups in total. The number of carbonyl (C=O) groups is 2. The Labute approximate surface area is 163 Å². The number of methoxy groups -OCH3 is 1. The first-order chi connectivity index (χ1) is 13.0. The van der Waals surface area contributed by atoms with Gasteiger partial charge in [0.2, 0.25) is 0 Å². The molecular weight excluding hydrogens is 362 g/mol. The van der Waals surface area contributed by atoms with E-state index in [1.807, 2.05) is 29.6 Å². The van der Waals surface area contributed by atoms with Crippen LogP contribution in [0.2, 0.25) is 0 Å². The maximum Gasteiger partial charge on any atom is 0.339 e. The van der Waals surface area contributed by atoms with Crippen molar-refractivity contribution in [1.82, 2.24) is 4.90 Å². The first-order valence-electron chi connectivity index (χ1n) is 9.11. The van der Waals surface area contributed by atoms with Crippen molar-refractivity contribution >= 4 is 23.2 Å². The molecule has 1 aromatic carbocycles. The van der Waals surface area contributed by atoms with Crippen molar-refractivity contribution in [3.8, 4) is 5.75 Å². The normalized spacial score (nSPS) is 15.7. The zero-order valence-corrected chi connectivity index (χ0v) is 16.8. The Kier molecular flexibility index (Phi) is 6.16. The molecule has 0 spiro atoms. The van der Waals surface area contributed by atoms with Crippen LogP contribution < -0.4 is 4.74 Å². The number of nitrogens with zero attached hydrogens (tertiary/aromatic N) is 1. The smallest absolute Gasteiger partial charge is 0.339 e. The van der Waals surface area contributed by atoms with Gasteiger partial charge in [0.1, 0.15) is 5.75 Å². The molecule has 27 heavy (non-hydrogen) atoms. The molecule has 1 unspecified atom stereocenters. The lowest BCUT2D eigenvalue weighted by molar-refractivity contribution is -0.133. The number of ether oxygens (including phenoxy) is 2. The molecule has 1 aliphatic rings. The molecule has 0 bridgehead atoms. The first kappa shape index (κ1) is 19.4. The fourth-order valence-corrected chi connectivity index (χ4v) is 4.57. The fourth-order valence-electron chi connectivity index (χ4n) is 3.34. The van der Waals surface area contributed by atoms with Crippen LogP contribution in [0.3, 0.4) is 0 Å². The second kappa shape index (κ2) is 8.57. The number of hydrogen-bond acceptors (Lipinski definition) is 5. The van der Waals surface area contributed by atoms with Crippen LogP contribution in [0, 0.1) is 5.92 Å². The van der Waals surface area contributed by atoms with Crippen molar-refractivity contribution in [1.29, 1.82) is 0 Å². The number of thiophene rings is 1. The van der Waals surface area contributed by atoms with Gasteiger partial charge in [0, 0.05) is 29.4 Å². The molecule has 0 fully saturated rings. The van der Waals surface area contributed by atoms with E-state index in [0.29, 0.717) is 18.0 Å². The summed E-state index contributed by atoms with van der Waals surface area (Å²) in [4.78, 5) is 27.6. The highest BCUT2D eigenvalue weighted by atomic mass is 32.1. The third kappa shape index (κ3) is 4.50. The summed E-state index contributed by atoms with van der Waals surface area (Å²) in [6.45, 7) is 2.37. The molecule has 0 aliphatic heterocycles. The van der Waals surface area contributed by atoms with Gasteiger partial charge in [0.25, 0.3) is 5.91 Å². The molecule has 0 saturated carbocycles. The van der Waals surface area contributed by atoms with Gasteiger partial charge in [-0.3, -0.25) is 4.79 Å². The second-order valence-electron chi connectivity index (χ2n) is 7.04. The number of rotatable bonds is 6. The molecule has 1 heterocycles. The van der Waals surface area contributed by atoms with E-state index in [4.69, 9.17) is 9.47 Å². The van der Waals surface area contributed by atoms with Gasteiger partial charge >= 0.3 is 5.97 Å². The summed E-state index contributed by atoms with van der Waals surface area (Å²) in [7, 11) is 3.29. The molecule has 1 atom stereocenters. The Morgan fingerprint density at radius 1 is 1.30 bits per heavy atom. The van der Waals surface area contributed by atoms with Crippen LogP contribution in [0.25, 0.3) is 0 Å². The number of esters is 1. The Morgan fingerprint density at radius 3 is 2.85 bits per heavy atom. The highest BCUT2D eigenvalue weighted by molar-refractivity contribution is 7.10. The number of fused-ring (bicyclic) bond motifs is 1. The van der Waals surface area contributed by atoms with Gasteiger partial charge in [-0.15, -0.1) is 11.3 Å². The van der Waals surface area contributed by atoms with Crippen LogP contribution in [-0.2, 0) is 28.9 Å². The van der Waals surface area contributed by atoms with Crippen LogP contribution in [0.15, 0.2) is 29.6 Å². The van der Waals surface area contributed by atoms with E-state index in [0.717, 1.165) is 36.1 Å². The van der Waals surface area contributed by atoms with Crippen molar-refractivity contribution in [3.63, 3.8) is 0 Å². The quantitative estimate of drug-likeness (QED) is 0.709. The zero-order valence-electron chi connectivity index (χ0n) is 16.0. The molecule has 1 amide bonds. The lowest BCUT2D eigenvalue weighted by Gasteiger charge is -2.20. The first-order valence-corrected chi connectivity index (χ1v) is 9.99. The molecule has 1 aromatic heterocycles. The van der Waals surface area contributed by atoms with E-state index >= 15 is 0 Å². The Bertz CT molecular complexity index is 829. The van der Waals surface area contributed by atoms with Gasteiger partial charge < -0.3 is 14.4 Å². The monoisotopic (exact) mass is 387 g/mol. The van der Waals surface area contributed by atoms with Gasteiger partial charge in [-0.2, -0.15) is 0 Å². The standard InChI is InChI=1S/C21H25NO4S/c1-14-8-9-16-17(13-27-19(16)10-14)21(24)26-12-20(23)22(2)11-15-6-4-5-7-18(15)25-3/h4-7,13-14H,8-12H2,1-3H3. The van der Waals surface area contributed by atoms with E-state index in [1.165, 1.54) is 9.78 Å². The van der Waals surface area contributed by atoms with Gasteiger partial charge in [-0.1, -0.05) is 25.1 Å². The molecule has 1 aliphatic carbocycles. The van der Waals surface area contributed by atoms with E-state index in [1.54, 1.807) is 25.5 Å². The highest BCUT2D eigenvalue weighted by Crippen LogP contribution is 2.33. The molecule has 144 valence electrons. The number of carbonyl (C=O) groups excluding carboxylic acids is 2. The minimum absolute atomic E-state index is 0.244. The number of amides is 1. The largest absolute Gasteiger partial charge is 0.496 e. The Morgan fingerprint density at radius 2 is 2.07 bits per heavy atom. The zero-order chi connectivity index (χ0) is 19.4. The van der Waals surface area contributed by atoms with Crippen molar-refractivity contribution in [2.24, 2.45) is 5.92 Å². The van der Waals surface area contributed by atoms with Gasteiger partial charge in [0.15, 0.2) is 6.61 Å². The number of likely N-dealkylation sites (N-methyl/N-ethyl adjacent to an activating group) is 1. The van der Waals surface area contributed by atoms with Gasteiger partial charge in [0.05, 0.1) is 12.7 Å². The summed E-state index contributed by atoms with van der Waals surface area (Å²) in [5.41, 5.74) is 2.64. The predicted octanol–water partition coefficient (Wildman–Crippen LogP) is 3.70. The van der Waals surface area contributed by atoms with Crippen molar-refractivity contribution in [3.05, 3.63) is 51.2 Å². The summed E-state index contributed by atoms with van der Waals surface area (Å²) in [6.07, 6.45) is 3.02. The van der Waals surface area contributed by atoms with E-state index < -0.39 is 5.97 Å². The third-order valence-corrected chi connectivity index (χ3v) is 6.03. The minimum Gasteiger partial charge on any atom is -0.496 e. The van der Waals surface area contributed by atoms with E-state index in [2.05, 4.69) is 6.92 Å². The van der Waals surface area contributed by atoms with Gasteiger partial charge in [-0.05, 0) is 36.8 Å². The molecule has 6 heteroatoms. The minimum atomic E-state index is -0.402. The lowest BCUT2D eigenvalue weighted by atomic mass is 9.88. The van der Waals surface area contributed by atoms with Crippen LogP contribution in [0.1, 0.15) is 39.7 Å². The average molecular weight is 388 g/mol. The molecule has 0 radical (unpaired) electrons. The Balaban J connectivity index is 1.56. The SMILES string of the molecule is COc1ccccc1CN(C)C(=O)COC(=O)c1csc2c1CCC(C)C2. The maximum absolute atomic E-state index is 12.4. The summed E-state index contributed by atoms with van der Waals surface area (Å²) >= 11 is 1.62. The van der Waals surface area contributed by atoms with Crippen molar-refractivity contribution in [2.45, 2.75) is 32.7 Å². The van der Waals surface area contributed by atoms with Crippen LogP contribution in [-0.4, -0.2) is 37.5 Å². The highest BCUT2D eigenvalue weighted by Gasteiger charge is 2.24. The van der Waals surface area contributed by atoms with Crippen molar-refractivity contribution in [2.75, 3.05) is 20.8 Å². The molecule has 0 saturated heterocycles. The fraction of sp³-hybridized carbons (Fsp3) is 0.429. The van der Waals surface area contributed by atoms with E-state index in [9.17, 15) is 9.59 Å². The van der Waals surface area contributed by atoms with Crippen LogP contribution in [0.5, 0.6) is 5.75 Å². The maximum atomic E-state index is 12.4. The summed E-state index contributed by atoms with van der Waals surface area (Å²) in [6, 6.07) is 7.55. The van der Waals surface area contributed by atoms with Crippen LogP contribution in [0.4, 0.5) is 0 Å². The Hall–Kier alpha value is -2.34. The average Bonchev–Trinajstić information content (AvgIpc) is 3.09. The van der Waals surface area contributed by atoms with Crippen LogP contribution >= 0.6 is 11.3 Å². The third-order valence-electron chi connectivity index (χ3n) is 4.97. The van der Waals surface area contributed by atoms with E-state index in [-0.39, 0.29) is 12.5 Å². The predicted molar refractivity (Wildman–Crippen MR) is 105 cm³/mol.